The van der Waals surface area contributed by atoms with E-state index in [9.17, 15) is 14.6 Å². The van der Waals surface area contributed by atoms with Crippen molar-refractivity contribution in [2.45, 2.75) is 18.7 Å². The molecule has 1 aromatic carbocycles. The number of hydrogen-bond donors (Lipinski definition) is 2. The molecule has 0 saturated carbocycles. The third-order valence-corrected chi connectivity index (χ3v) is 3.29. The Labute approximate surface area is 121 Å². The number of para-hydroxylation sites is 1. The lowest BCUT2D eigenvalue weighted by molar-refractivity contribution is -0.114. The van der Waals surface area contributed by atoms with Crippen LogP contribution in [0.15, 0.2) is 29.8 Å². The summed E-state index contributed by atoms with van der Waals surface area (Å²) in [6, 6.07) is 4.75. The van der Waals surface area contributed by atoms with Crippen LogP contribution in [0.1, 0.15) is 22.3 Å². The van der Waals surface area contributed by atoms with E-state index in [1.807, 2.05) is 0 Å². The van der Waals surface area contributed by atoms with Crippen molar-refractivity contribution in [1.29, 1.82) is 0 Å². The molecule has 1 aromatic rings. The van der Waals surface area contributed by atoms with Crippen LogP contribution in [-0.4, -0.2) is 29.0 Å². The molecule has 0 unspecified atom stereocenters. The number of carbonyl (C=O) groups excluding carboxylic acids is 1. The number of allylic oxidation sites excluding steroid dienone is 1. The van der Waals surface area contributed by atoms with Crippen molar-refractivity contribution < 1.29 is 24.4 Å². The molecule has 0 aromatic heterocycles. The summed E-state index contributed by atoms with van der Waals surface area (Å²) in [6.45, 7) is 0. The number of rotatable bonds is 4. The van der Waals surface area contributed by atoms with Crippen LogP contribution in [0.2, 0.25) is 5.82 Å². The number of hydrogen-bond acceptors (Lipinski definition) is 4. The van der Waals surface area contributed by atoms with E-state index in [0.29, 0.717) is 12.0 Å². The van der Waals surface area contributed by atoms with Gasteiger partial charge in [0.15, 0.2) is 5.78 Å². The summed E-state index contributed by atoms with van der Waals surface area (Å²) in [7, 11) is -1.21. The maximum Gasteiger partial charge on any atom is 0.526 e. The van der Waals surface area contributed by atoms with Crippen molar-refractivity contribution >= 4 is 30.5 Å². The summed E-state index contributed by atoms with van der Waals surface area (Å²) in [5, 5.41) is 19.0. The highest BCUT2D eigenvalue weighted by Crippen LogP contribution is 2.36. The van der Waals surface area contributed by atoms with Gasteiger partial charge in [-0.05, 0) is 24.1 Å². The molecule has 20 heavy (non-hydrogen) atoms. The molecule has 2 rings (SSSR count). The van der Waals surface area contributed by atoms with E-state index in [2.05, 4.69) is 0 Å². The highest BCUT2D eigenvalue weighted by molar-refractivity contribution is 6.47. The van der Waals surface area contributed by atoms with E-state index in [1.165, 1.54) is 12.1 Å². The average molecular weight is 294 g/mol. The summed E-state index contributed by atoms with van der Waals surface area (Å²) in [5.74, 6) is -1.59. The second kappa shape index (κ2) is 6.11. The standard InChI is InChI=1S/C13H12BClO5/c15-5-4-10(16)7-9-6-8-2-1-3-11(13(17)18)12(8)20-14(9)19/h1-5,9,19H,6-7H2,(H,17,18)/b5-4+/t9-/m1/s1. The number of carbonyl (C=O) groups is 2. The third kappa shape index (κ3) is 3.03. The van der Waals surface area contributed by atoms with Crippen LogP contribution >= 0.6 is 11.6 Å². The van der Waals surface area contributed by atoms with Crippen molar-refractivity contribution in [3.05, 3.63) is 40.9 Å². The lowest BCUT2D eigenvalue weighted by Gasteiger charge is -2.27. The molecule has 104 valence electrons. The zero-order valence-corrected chi connectivity index (χ0v) is 11.2. The second-order valence-electron chi connectivity index (χ2n) is 4.53. The van der Waals surface area contributed by atoms with Gasteiger partial charge in [-0.25, -0.2) is 4.79 Å². The number of ketones is 1. The quantitative estimate of drug-likeness (QED) is 0.654. The van der Waals surface area contributed by atoms with Crippen molar-refractivity contribution in [2.75, 3.05) is 0 Å². The van der Waals surface area contributed by atoms with Gasteiger partial charge in [0.2, 0.25) is 0 Å². The molecular formula is C13H12BClO5. The zero-order valence-electron chi connectivity index (χ0n) is 10.5. The first-order valence-corrected chi connectivity index (χ1v) is 6.46. The lowest BCUT2D eigenvalue weighted by Crippen LogP contribution is -2.35. The van der Waals surface area contributed by atoms with E-state index in [0.717, 1.165) is 5.54 Å². The summed E-state index contributed by atoms with van der Waals surface area (Å²) < 4.78 is 5.28. The number of carboxylic acid groups (broad SMARTS) is 1. The molecule has 1 heterocycles. The molecule has 1 atom stereocenters. The molecule has 0 amide bonds. The fraction of sp³-hybridized carbons (Fsp3) is 0.231. The minimum Gasteiger partial charge on any atom is -0.535 e. The van der Waals surface area contributed by atoms with Crippen LogP contribution in [-0.2, 0) is 11.2 Å². The van der Waals surface area contributed by atoms with Gasteiger partial charge in [-0.1, -0.05) is 23.7 Å². The highest BCUT2D eigenvalue weighted by atomic mass is 35.5. The van der Waals surface area contributed by atoms with Gasteiger partial charge >= 0.3 is 13.1 Å². The fourth-order valence-electron chi connectivity index (χ4n) is 2.22. The van der Waals surface area contributed by atoms with Crippen LogP contribution in [0.4, 0.5) is 0 Å². The predicted molar refractivity (Wildman–Crippen MR) is 74.1 cm³/mol. The van der Waals surface area contributed by atoms with Crippen LogP contribution in [0.3, 0.4) is 0 Å². The molecular weight excluding hydrogens is 282 g/mol. The molecule has 0 aliphatic carbocycles. The van der Waals surface area contributed by atoms with Gasteiger partial charge in [-0.15, -0.1) is 0 Å². The maximum absolute atomic E-state index is 11.5. The Kier molecular flexibility index (Phi) is 4.47. The van der Waals surface area contributed by atoms with Gasteiger partial charge in [-0.3, -0.25) is 4.79 Å². The van der Waals surface area contributed by atoms with Crippen molar-refractivity contribution in [2.24, 2.45) is 0 Å². The van der Waals surface area contributed by atoms with E-state index in [1.54, 1.807) is 12.1 Å². The van der Waals surface area contributed by atoms with E-state index in [4.69, 9.17) is 21.4 Å². The molecule has 0 saturated heterocycles. The minimum atomic E-state index is -1.21. The largest absolute Gasteiger partial charge is 0.535 e. The molecule has 1 aliphatic heterocycles. The Morgan fingerprint density at radius 1 is 1.50 bits per heavy atom. The maximum atomic E-state index is 11.5. The molecule has 0 fully saturated rings. The lowest BCUT2D eigenvalue weighted by atomic mass is 9.64. The third-order valence-electron chi connectivity index (χ3n) is 3.16. The Balaban J connectivity index is 2.24. The van der Waals surface area contributed by atoms with Gasteiger partial charge < -0.3 is 14.8 Å². The molecule has 1 aliphatic rings. The summed E-state index contributed by atoms with van der Waals surface area (Å²) in [6.07, 6.45) is 1.68. The summed E-state index contributed by atoms with van der Waals surface area (Å²) in [5.41, 5.74) is 1.80. The normalized spacial score (nSPS) is 17.7. The van der Waals surface area contributed by atoms with E-state index >= 15 is 0 Å². The Bertz CT molecular complexity index is 572. The molecule has 0 bridgehead atoms. The van der Waals surface area contributed by atoms with Gasteiger partial charge in [0.1, 0.15) is 5.75 Å². The first kappa shape index (κ1) is 14.6. The van der Waals surface area contributed by atoms with Gasteiger partial charge in [0, 0.05) is 17.8 Å². The number of fused-ring (bicyclic) bond motifs is 1. The Morgan fingerprint density at radius 2 is 2.25 bits per heavy atom. The Morgan fingerprint density at radius 3 is 2.90 bits per heavy atom. The fourth-order valence-corrected chi connectivity index (χ4v) is 2.36. The smallest absolute Gasteiger partial charge is 0.526 e. The first-order valence-electron chi connectivity index (χ1n) is 6.02. The molecule has 7 heteroatoms. The van der Waals surface area contributed by atoms with Gasteiger partial charge in [0.05, 0.1) is 5.56 Å². The summed E-state index contributed by atoms with van der Waals surface area (Å²) in [4.78, 5) is 22.6. The number of carboxylic acids is 1. The Hall–Kier alpha value is -1.79. The monoisotopic (exact) mass is 294 g/mol. The van der Waals surface area contributed by atoms with Crippen LogP contribution in [0.25, 0.3) is 0 Å². The minimum absolute atomic E-state index is 0.00646. The molecule has 2 N–H and O–H groups in total. The van der Waals surface area contributed by atoms with Gasteiger partial charge in [0.25, 0.3) is 0 Å². The topological polar surface area (TPSA) is 83.8 Å². The van der Waals surface area contributed by atoms with Crippen molar-refractivity contribution in [1.82, 2.24) is 0 Å². The number of aromatic carboxylic acids is 1. The highest BCUT2D eigenvalue weighted by Gasteiger charge is 2.37. The molecule has 5 nitrogen and oxygen atoms in total. The van der Waals surface area contributed by atoms with E-state index < -0.39 is 18.9 Å². The zero-order chi connectivity index (χ0) is 14.7. The second-order valence-corrected chi connectivity index (χ2v) is 4.79. The SMILES string of the molecule is O=C(/C=C/Cl)C[C@H]1Cc2cccc(C(=O)O)c2OB1O. The molecule has 0 radical (unpaired) electrons. The molecule has 0 spiro atoms. The van der Waals surface area contributed by atoms with Crippen LogP contribution in [0.5, 0.6) is 5.75 Å². The number of benzene rings is 1. The van der Waals surface area contributed by atoms with Crippen LogP contribution in [0, 0.1) is 0 Å². The van der Waals surface area contributed by atoms with E-state index in [-0.39, 0.29) is 23.5 Å². The van der Waals surface area contributed by atoms with Gasteiger partial charge in [-0.2, -0.15) is 0 Å². The van der Waals surface area contributed by atoms with Crippen molar-refractivity contribution in [3.63, 3.8) is 0 Å². The van der Waals surface area contributed by atoms with Crippen molar-refractivity contribution in [3.8, 4) is 5.75 Å². The predicted octanol–water partition coefficient (Wildman–Crippen LogP) is 1.88. The summed E-state index contributed by atoms with van der Waals surface area (Å²) >= 11 is 5.33. The first-order chi connectivity index (χ1) is 9.52. The average Bonchev–Trinajstić information content (AvgIpc) is 2.39. The van der Waals surface area contributed by atoms with Crippen LogP contribution < -0.4 is 4.65 Å². The number of halogens is 1.